The van der Waals surface area contributed by atoms with Gasteiger partial charge in [0.2, 0.25) is 0 Å². The molecule has 7 aromatic carbocycles. The van der Waals surface area contributed by atoms with E-state index in [-0.39, 0.29) is 5.41 Å². The van der Waals surface area contributed by atoms with Crippen molar-refractivity contribution in [1.29, 1.82) is 0 Å². The Bertz CT molecular complexity index is 2090. The first-order valence-corrected chi connectivity index (χ1v) is 16.2. The summed E-state index contributed by atoms with van der Waals surface area (Å²) >= 11 is 0. The molecule has 0 N–H and O–H groups in total. The highest BCUT2D eigenvalue weighted by atomic mass is 14.4. The van der Waals surface area contributed by atoms with Crippen LogP contribution < -0.4 is 0 Å². The van der Waals surface area contributed by atoms with Crippen LogP contribution in [0.1, 0.15) is 49.9 Å². The molecule has 0 nitrogen and oxygen atoms in total. The van der Waals surface area contributed by atoms with Crippen molar-refractivity contribution in [3.63, 3.8) is 0 Å². The van der Waals surface area contributed by atoms with Crippen molar-refractivity contribution >= 4 is 21.5 Å². The topological polar surface area (TPSA) is 0 Å². The standard InChI is InChI=1S/C30H24.C13H12.C2H6/c1-19-12-14-20(15-13-19)21-16-17-26-27(18-21)30(2,3)29-25-11-7-5-9-23(25)22-8-4-6-10-24(22)28(26)29;1-11-7-5-6-10-13(11)12-8-3-2-4-9-12;1-2/h4-18H,1-3H3;2-10H,1H3;1-2H3. The van der Waals surface area contributed by atoms with Crippen molar-refractivity contribution in [1.82, 2.24) is 0 Å². The molecule has 0 bridgehead atoms. The van der Waals surface area contributed by atoms with Gasteiger partial charge in [0.25, 0.3) is 0 Å². The molecule has 45 heavy (non-hydrogen) atoms. The zero-order valence-electron chi connectivity index (χ0n) is 27.4. The van der Waals surface area contributed by atoms with Crippen LogP contribution in [0.5, 0.6) is 0 Å². The normalized spacial score (nSPS) is 12.4. The molecule has 222 valence electrons. The van der Waals surface area contributed by atoms with Crippen molar-refractivity contribution in [2.45, 2.75) is 47.0 Å². The van der Waals surface area contributed by atoms with E-state index >= 15 is 0 Å². The lowest BCUT2D eigenvalue weighted by Gasteiger charge is -2.24. The van der Waals surface area contributed by atoms with Crippen LogP contribution in [0.3, 0.4) is 0 Å². The summed E-state index contributed by atoms with van der Waals surface area (Å²) in [5.74, 6) is 0. The first kappa shape index (κ1) is 30.1. The zero-order valence-corrected chi connectivity index (χ0v) is 27.4. The molecule has 0 heterocycles. The van der Waals surface area contributed by atoms with Gasteiger partial charge < -0.3 is 0 Å². The minimum absolute atomic E-state index is 0.0466. The summed E-state index contributed by atoms with van der Waals surface area (Å²) in [5.41, 5.74) is 13.5. The van der Waals surface area contributed by atoms with Crippen molar-refractivity contribution in [2.24, 2.45) is 0 Å². The van der Waals surface area contributed by atoms with E-state index in [1.807, 2.05) is 19.9 Å². The molecule has 0 radical (unpaired) electrons. The molecule has 0 amide bonds. The summed E-state index contributed by atoms with van der Waals surface area (Å²) < 4.78 is 0. The lowest BCUT2D eigenvalue weighted by molar-refractivity contribution is 0.667. The van der Waals surface area contributed by atoms with Gasteiger partial charge in [0.1, 0.15) is 0 Å². The Labute approximate surface area is 269 Å². The summed E-state index contributed by atoms with van der Waals surface area (Å²) in [6.07, 6.45) is 0. The van der Waals surface area contributed by atoms with Gasteiger partial charge >= 0.3 is 0 Å². The molecule has 0 spiro atoms. The molecule has 0 atom stereocenters. The predicted octanol–water partition coefficient (Wildman–Crippen LogP) is 13.0. The van der Waals surface area contributed by atoms with Crippen LogP contribution in [0.2, 0.25) is 0 Å². The Hall–Kier alpha value is -4.94. The van der Waals surface area contributed by atoms with E-state index in [0.29, 0.717) is 0 Å². The second-order valence-corrected chi connectivity index (χ2v) is 12.3. The number of hydrogen-bond donors (Lipinski definition) is 0. The summed E-state index contributed by atoms with van der Waals surface area (Å²) in [7, 11) is 0. The van der Waals surface area contributed by atoms with Gasteiger partial charge in [0, 0.05) is 5.41 Å². The predicted molar refractivity (Wildman–Crippen MR) is 197 cm³/mol. The first-order chi connectivity index (χ1) is 21.9. The van der Waals surface area contributed by atoms with E-state index in [4.69, 9.17) is 0 Å². The maximum Gasteiger partial charge on any atom is 0.0165 e. The smallest absolute Gasteiger partial charge is 0.0165 e. The van der Waals surface area contributed by atoms with Gasteiger partial charge in [-0.25, -0.2) is 0 Å². The van der Waals surface area contributed by atoms with Gasteiger partial charge in [-0.05, 0) is 91.5 Å². The van der Waals surface area contributed by atoms with E-state index < -0.39 is 0 Å². The number of benzene rings is 7. The number of rotatable bonds is 2. The van der Waals surface area contributed by atoms with Crippen LogP contribution in [0, 0.1) is 13.8 Å². The fourth-order valence-corrected chi connectivity index (χ4v) is 6.92. The average molecular weight is 583 g/mol. The summed E-state index contributed by atoms with van der Waals surface area (Å²) in [6, 6.07) is 52.6. The second-order valence-electron chi connectivity index (χ2n) is 12.3. The minimum atomic E-state index is -0.0466. The average Bonchev–Trinajstić information content (AvgIpc) is 3.33. The summed E-state index contributed by atoms with van der Waals surface area (Å²) in [4.78, 5) is 0. The SMILES string of the molecule is CC.Cc1ccc(-c2ccc3c(c2)C(C)(C)c2c-3c3ccccc3c3ccccc23)cc1.Cc1ccccc1-c1ccccc1. The third-order valence-electron chi connectivity index (χ3n) is 9.13. The number of fused-ring (bicyclic) bond motifs is 8. The van der Waals surface area contributed by atoms with Gasteiger partial charge in [-0.1, -0.05) is 173 Å². The van der Waals surface area contributed by atoms with Gasteiger partial charge in [-0.2, -0.15) is 0 Å². The minimum Gasteiger partial charge on any atom is -0.0683 e. The highest BCUT2D eigenvalue weighted by Crippen LogP contribution is 2.55. The van der Waals surface area contributed by atoms with E-state index in [0.717, 1.165) is 0 Å². The molecule has 7 aromatic rings. The third kappa shape index (κ3) is 5.47. The number of hydrogen-bond acceptors (Lipinski definition) is 0. The highest BCUT2D eigenvalue weighted by molar-refractivity contribution is 6.18. The van der Waals surface area contributed by atoms with Crippen LogP contribution in [0.25, 0.3) is 54.9 Å². The zero-order chi connectivity index (χ0) is 31.6. The second kappa shape index (κ2) is 12.6. The molecule has 8 rings (SSSR count). The fraction of sp³-hybridized carbons (Fsp3) is 0.156. The third-order valence-corrected chi connectivity index (χ3v) is 9.13. The summed E-state index contributed by atoms with van der Waals surface area (Å²) in [6.45, 7) is 13.1. The van der Waals surface area contributed by atoms with Crippen molar-refractivity contribution in [3.05, 3.63) is 168 Å². The largest absolute Gasteiger partial charge is 0.0683 e. The summed E-state index contributed by atoms with van der Waals surface area (Å²) in [5, 5.41) is 5.44. The van der Waals surface area contributed by atoms with Gasteiger partial charge in [0.15, 0.2) is 0 Å². The monoisotopic (exact) mass is 582 g/mol. The van der Waals surface area contributed by atoms with E-state index in [1.54, 1.807) is 0 Å². The fourth-order valence-electron chi connectivity index (χ4n) is 6.92. The van der Waals surface area contributed by atoms with Crippen molar-refractivity contribution in [3.8, 4) is 33.4 Å². The quantitative estimate of drug-likeness (QED) is 0.178. The van der Waals surface area contributed by atoms with Crippen LogP contribution >= 0.6 is 0 Å². The van der Waals surface area contributed by atoms with Crippen LogP contribution in [0.4, 0.5) is 0 Å². The Morgan fingerprint density at radius 2 is 0.956 bits per heavy atom. The van der Waals surface area contributed by atoms with Crippen LogP contribution in [-0.4, -0.2) is 0 Å². The lowest BCUT2D eigenvalue weighted by Crippen LogP contribution is -2.15. The molecule has 0 saturated heterocycles. The molecule has 0 saturated carbocycles. The molecule has 1 aliphatic rings. The molecule has 0 unspecified atom stereocenters. The van der Waals surface area contributed by atoms with E-state index in [2.05, 4.69) is 167 Å². The van der Waals surface area contributed by atoms with Crippen LogP contribution in [-0.2, 0) is 5.41 Å². The molecule has 0 aliphatic heterocycles. The molecular weight excluding hydrogens is 540 g/mol. The van der Waals surface area contributed by atoms with Gasteiger partial charge in [-0.15, -0.1) is 0 Å². The molecular formula is C45H42. The maximum atomic E-state index is 2.42. The molecule has 1 aliphatic carbocycles. The van der Waals surface area contributed by atoms with E-state index in [9.17, 15) is 0 Å². The van der Waals surface area contributed by atoms with Crippen molar-refractivity contribution in [2.75, 3.05) is 0 Å². The Morgan fingerprint density at radius 3 is 1.62 bits per heavy atom. The van der Waals surface area contributed by atoms with Crippen molar-refractivity contribution < 1.29 is 0 Å². The Balaban J connectivity index is 0.000000200. The van der Waals surface area contributed by atoms with Crippen LogP contribution in [0.15, 0.2) is 146 Å². The molecule has 0 aromatic heterocycles. The maximum absolute atomic E-state index is 2.42. The number of aryl methyl sites for hydroxylation is 2. The Morgan fingerprint density at radius 1 is 0.422 bits per heavy atom. The lowest BCUT2D eigenvalue weighted by atomic mass is 9.79. The van der Waals surface area contributed by atoms with E-state index in [1.165, 1.54) is 77.2 Å². The van der Waals surface area contributed by atoms with Gasteiger partial charge in [0.05, 0.1) is 0 Å². The van der Waals surface area contributed by atoms with Gasteiger partial charge in [-0.3, -0.25) is 0 Å². The first-order valence-electron chi connectivity index (χ1n) is 16.2. The Kier molecular flexibility index (Phi) is 8.42. The highest BCUT2D eigenvalue weighted by Gasteiger charge is 2.38. The molecule has 0 fully saturated rings. The molecule has 0 heteroatoms.